The summed E-state index contributed by atoms with van der Waals surface area (Å²) in [5.41, 5.74) is 2.10. The largest absolute Gasteiger partial charge is 0.356 e. The Bertz CT molecular complexity index is 657. The Morgan fingerprint density at radius 2 is 1.71 bits per heavy atom. The molecule has 21 heavy (non-hydrogen) atoms. The van der Waals surface area contributed by atoms with E-state index in [1.807, 2.05) is 24.3 Å². The van der Waals surface area contributed by atoms with Crippen LogP contribution in [0.15, 0.2) is 48.5 Å². The van der Waals surface area contributed by atoms with Crippen molar-refractivity contribution in [2.24, 2.45) is 0 Å². The van der Waals surface area contributed by atoms with E-state index in [9.17, 15) is 4.79 Å². The van der Waals surface area contributed by atoms with E-state index in [1.165, 1.54) is 5.56 Å². The van der Waals surface area contributed by atoms with E-state index in [-0.39, 0.29) is 17.7 Å². The Kier molecular flexibility index (Phi) is 4.18. The number of halogens is 2. The molecule has 1 heterocycles. The summed E-state index contributed by atoms with van der Waals surface area (Å²) in [4.78, 5) is 12.4. The van der Waals surface area contributed by atoms with Gasteiger partial charge in [0.15, 0.2) is 0 Å². The average molecular weight is 320 g/mol. The van der Waals surface area contributed by atoms with Gasteiger partial charge in [-0.05, 0) is 29.7 Å². The number of carbonyl (C=O) groups is 1. The van der Waals surface area contributed by atoms with Gasteiger partial charge in [-0.15, -0.1) is 0 Å². The lowest BCUT2D eigenvalue weighted by Gasteiger charge is -2.32. The molecule has 1 fully saturated rings. The molecule has 3 rings (SSSR count). The van der Waals surface area contributed by atoms with Crippen molar-refractivity contribution in [1.29, 1.82) is 0 Å². The summed E-state index contributed by atoms with van der Waals surface area (Å²) < 4.78 is 0. The Balaban J connectivity index is 2.02. The fraction of sp³-hybridized carbons (Fsp3) is 0.235. The number of amides is 1. The molecule has 1 N–H and O–H groups in total. The SMILES string of the molecule is O=C1NCC[C@H](c2ccccc2)[C@@H]1c1ccc(Cl)c(Cl)c1. The summed E-state index contributed by atoms with van der Waals surface area (Å²) >= 11 is 12.1. The number of benzene rings is 2. The van der Waals surface area contributed by atoms with Crippen LogP contribution in [0.3, 0.4) is 0 Å². The minimum Gasteiger partial charge on any atom is -0.356 e. The maximum Gasteiger partial charge on any atom is 0.228 e. The molecule has 2 aromatic carbocycles. The van der Waals surface area contributed by atoms with Gasteiger partial charge in [0.1, 0.15) is 0 Å². The highest BCUT2D eigenvalue weighted by molar-refractivity contribution is 6.42. The molecule has 0 radical (unpaired) electrons. The first-order valence-corrected chi connectivity index (χ1v) is 7.70. The molecule has 4 heteroatoms. The lowest BCUT2D eigenvalue weighted by atomic mass is 9.77. The molecule has 0 saturated carbocycles. The Morgan fingerprint density at radius 1 is 0.952 bits per heavy atom. The fourth-order valence-electron chi connectivity index (χ4n) is 2.96. The van der Waals surface area contributed by atoms with E-state index in [0.717, 1.165) is 12.0 Å². The monoisotopic (exact) mass is 319 g/mol. The van der Waals surface area contributed by atoms with Crippen LogP contribution in [-0.4, -0.2) is 12.5 Å². The third-order valence-electron chi connectivity index (χ3n) is 3.97. The molecular weight excluding hydrogens is 305 g/mol. The third-order valence-corrected chi connectivity index (χ3v) is 4.71. The van der Waals surface area contributed by atoms with Gasteiger partial charge < -0.3 is 5.32 Å². The van der Waals surface area contributed by atoms with Crippen LogP contribution in [0.2, 0.25) is 10.0 Å². The van der Waals surface area contributed by atoms with Gasteiger partial charge >= 0.3 is 0 Å². The Morgan fingerprint density at radius 3 is 2.43 bits per heavy atom. The standard InChI is InChI=1S/C17H15Cl2NO/c18-14-7-6-12(10-15(14)19)16-13(8-9-20-17(16)21)11-4-2-1-3-5-11/h1-7,10,13,16H,8-9H2,(H,20,21)/t13-,16+/m1/s1. The molecule has 1 saturated heterocycles. The minimum absolute atomic E-state index is 0.0495. The van der Waals surface area contributed by atoms with Gasteiger partial charge in [-0.2, -0.15) is 0 Å². The first kappa shape index (κ1) is 14.4. The summed E-state index contributed by atoms with van der Waals surface area (Å²) in [6.07, 6.45) is 0.917. The maximum atomic E-state index is 12.4. The van der Waals surface area contributed by atoms with Crippen LogP contribution in [0.25, 0.3) is 0 Å². The van der Waals surface area contributed by atoms with Crippen LogP contribution in [0.1, 0.15) is 29.4 Å². The van der Waals surface area contributed by atoms with Crippen LogP contribution in [0.5, 0.6) is 0 Å². The molecule has 0 aliphatic carbocycles. The van der Waals surface area contributed by atoms with Gasteiger partial charge in [-0.3, -0.25) is 4.79 Å². The van der Waals surface area contributed by atoms with Crippen LogP contribution in [0, 0.1) is 0 Å². The Hall–Kier alpha value is -1.51. The Labute approximate surface area is 134 Å². The zero-order valence-corrected chi connectivity index (χ0v) is 12.9. The third kappa shape index (κ3) is 2.92. The van der Waals surface area contributed by atoms with E-state index in [0.29, 0.717) is 16.6 Å². The second kappa shape index (κ2) is 6.08. The van der Waals surface area contributed by atoms with Gasteiger partial charge in [0.2, 0.25) is 5.91 Å². The van der Waals surface area contributed by atoms with Crippen LogP contribution in [-0.2, 0) is 4.79 Å². The molecule has 0 spiro atoms. The van der Waals surface area contributed by atoms with Crippen molar-refractivity contribution in [3.63, 3.8) is 0 Å². The minimum atomic E-state index is -0.226. The van der Waals surface area contributed by atoms with Crippen LogP contribution >= 0.6 is 23.2 Å². The van der Waals surface area contributed by atoms with Crippen LogP contribution in [0.4, 0.5) is 0 Å². The normalized spacial score (nSPS) is 21.9. The molecule has 0 bridgehead atoms. The van der Waals surface area contributed by atoms with E-state index in [2.05, 4.69) is 17.4 Å². The molecule has 1 aliphatic heterocycles. The molecule has 0 aromatic heterocycles. The number of hydrogen-bond acceptors (Lipinski definition) is 1. The van der Waals surface area contributed by atoms with Crippen molar-refractivity contribution in [3.05, 3.63) is 69.7 Å². The van der Waals surface area contributed by atoms with Crippen molar-refractivity contribution in [3.8, 4) is 0 Å². The number of rotatable bonds is 2. The zero-order chi connectivity index (χ0) is 14.8. The lowest BCUT2D eigenvalue weighted by Crippen LogP contribution is -2.39. The number of nitrogens with one attached hydrogen (secondary N) is 1. The first-order valence-electron chi connectivity index (χ1n) is 6.94. The van der Waals surface area contributed by atoms with E-state index in [4.69, 9.17) is 23.2 Å². The number of piperidine rings is 1. The fourth-order valence-corrected chi connectivity index (χ4v) is 3.27. The summed E-state index contributed by atoms with van der Waals surface area (Å²) in [5.74, 6) is -0.0124. The van der Waals surface area contributed by atoms with Crippen molar-refractivity contribution in [2.75, 3.05) is 6.54 Å². The summed E-state index contributed by atoms with van der Waals surface area (Å²) in [7, 11) is 0. The number of carbonyl (C=O) groups excluding carboxylic acids is 1. The highest BCUT2D eigenvalue weighted by Crippen LogP contribution is 2.39. The highest BCUT2D eigenvalue weighted by Gasteiger charge is 2.34. The maximum absolute atomic E-state index is 12.4. The second-order valence-electron chi connectivity index (χ2n) is 5.25. The topological polar surface area (TPSA) is 29.1 Å². The quantitative estimate of drug-likeness (QED) is 0.874. The predicted octanol–water partition coefficient (Wildman–Crippen LogP) is 4.38. The van der Waals surface area contributed by atoms with E-state index < -0.39 is 0 Å². The molecule has 0 unspecified atom stereocenters. The second-order valence-corrected chi connectivity index (χ2v) is 6.06. The lowest BCUT2D eigenvalue weighted by molar-refractivity contribution is -0.124. The zero-order valence-electron chi connectivity index (χ0n) is 11.4. The van der Waals surface area contributed by atoms with Gasteiger partial charge in [0.25, 0.3) is 0 Å². The summed E-state index contributed by atoms with van der Waals surface area (Å²) in [5, 5.41) is 3.94. The van der Waals surface area contributed by atoms with Crippen molar-refractivity contribution >= 4 is 29.1 Å². The van der Waals surface area contributed by atoms with Crippen molar-refractivity contribution in [2.45, 2.75) is 18.3 Å². The highest BCUT2D eigenvalue weighted by atomic mass is 35.5. The first-order chi connectivity index (χ1) is 10.2. The molecular formula is C17H15Cl2NO. The summed E-state index contributed by atoms with van der Waals surface area (Å²) in [6, 6.07) is 15.6. The van der Waals surface area contributed by atoms with Gasteiger partial charge in [-0.25, -0.2) is 0 Å². The van der Waals surface area contributed by atoms with Crippen molar-refractivity contribution < 1.29 is 4.79 Å². The van der Waals surface area contributed by atoms with Gasteiger partial charge in [0.05, 0.1) is 16.0 Å². The van der Waals surface area contributed by atoms with Gasteiger partial charge in [-0.1, -0.05) is 59.6 Å². The molecule has 2 atom stereocenters. The van der Waals surface area contributed by atoms with Crippen LogP contribution < -0.4 is 5.32 Å². The molecule has 1 aliphatic rings. The average Bonchev–Trinajstić information content (AvgIpc) is 2.51. The van der Waals surface area contributed by atoms with Gasteiger partial charge in [0, 0.05) is 12.5 Å². The molecule has 2 aromatic rings. The molecule has 1 amide bonds. The summed E-state index contributed by atoms with van der Waals surface area (Å²) in [6.45, 7) is 0.705. The molecule has 108 valence electrons. The molecule has 2 nitrogen and oxygen atoms in total. The van der Waals surface area contributed by atoms with E-state index in [1.54, 1.807) is 12.1 Å². The smallest absolute Gasteiger partial charge is 0.228 e. The van der Waals surface area contributed by atoms with Crippen molar-refractivity contribution in [1.82, 2.24) is 5.32 Å². The predicted molar refractivity (Wildman–Crippen MR) is 86.0 cm³/mol. The van der Waals surface area contributed by atoms with E-state index >= 15 is 0 Å². The number of hydrogen-bond donors (Lipinski definition) is 1.